The van der Waals surface area contributed by atoms with E-state index in [1.54, 1.807) is 6.92 Å². The highest BCUT2D eigenvalue weighted by molar-refractivity contribution is 5.78. The minimum atomic E-state index is 0.0739. The fourth-order valence-electron chi connectivity index (χ4n) is 5.29. The van der Waals surface area contributed by atoms with Gasteiger partial charge >= 0.3 is 0 Å². The van der Waals surface area contributed by atoms with Crippen LogP contribution in [-0.4, -0.2) is 76.3 Å². The third-order valence-corrected chi connectivity index (χ3v) is 7.24. The molecule has 0 saturated carbocycles. The maximum atomic E-state index is 13.1. The van der Waals surface area contributed by atoms with Crippen LogP contribution in [0.15, 0.2) is 24.3 Å². The van der Waals surface area contributed by atoms with Crippen molar-refractivity contribution < 1.29 is 9.59 Å². The van der Waals surface area contributed by atoms with Crippen LogP contribution in [-0.2, 0) is 35.5 Å². The van der Waals surface area contributed by atoms with Gasteiger partial charge in [0.05, 0.1) is 18.8 Å². The third kappa shape index (κ3) is 4.44. The van der Waals surface area contributed by atoms with Gasteiger partial charge in [0.25, 0.3) is 0 Å². The van der Waals surface area contributed by atoms with Crippen molar-refractivity contribution in [1.82, 2.24) is 24.7 Å². The number of nitrogens with zero attached hydrogens (tertiary/aromatic N) is 5. The van der Waals surface area contributed by atoms with E-state index in [-0.39, 0.29) is 17.7 Å². The number of hydrogen-bond acceptors (Lipinski definition) is 6. The summed E-state index contributed by atoms with van der Waals surface area (Å²) >= 11 is 0. The Kier molecular flexibility index (Phi) is 6.01. The smallest absolute Gasteiger partial charge is 0.236 e. The summed E-state index contributed by atoms with van der Waals surface area (Å²) in [4.78, 5) is 40.7. The lowest BCUT2D eigenvalue weighted by molar-refractivity contribution is -0.132. The van der Waals surface area contributed by atoms with Crippen LogP contribution < -0.4 is 5.32 Å². The van der Waals surface area contributed by atoms with Crippen molar-refractivity contribution in [2.75, 3.05) is 45.1 Å². The van der Waals surface area contributed by atoms with Crippen LogP contribution in [0, 0.1) is 0 Å². The van der Waals surface area contributed by atoms with Gasteiger partial charge in [0.2, 0.25) is 11.8 Å². The van der Waals surface area contributed by atoms with E-state index >= 15 is 0 Å². The number of carbonyl (C=O) groups is 2. The third-order valence-electron chi connectivity index (χ3n) is 7.24. The molecule has 8 nitrogen and oxygen atoms in total. The Morgan fingerprint density at radius 3 is 2.64 bits per heavy atom. The number of likely N-dealkylation sites (tertiary alicyclic amines) is 1. The fraction of sp³-hybridized carbons (Fsp3) is 0.520. The van der Waals surface area contributed by atoms with Gasteiger partial charge in [-0.25, -0.2) is 9.97 Å². The first-order valence-electron chi connectivity index (χ1n) is 11.9. The first kappa shape index (κ1) is 21.8. The lowest BCUT2D eigenvalue weighted by Crippen LogP contribution is -2.41. The van der Waals surface area contributed by atoms with Crippen LogP contribution in [0.3, 0.4) is 0 Å². The maximum Gasteiger partial charge on any atom is 0.236 e. The SMILES string of the molecule is CNc1nc([C@@H]2CCN(C(=O)CN3CCc4ccccc4C3)C2)nc2c1CCN(C(C)=O)C2. The minimum absolute atomic E-state index is 0.0739. The summed E-state index contributed by atoms with van der Waals surface area (Å²) in [6.07, 6.45) is 2.63. The van der Waals surface area contributed by atoms with E-state index in [9.17, 15) is 9.59 Å². The molecule has 174 valence electrons. The normalized spacial score (nSPS) is 20.4. The van der Waals surface area contributed by atoms with Gasteiger partial charge in [-0.05, 0) is 30.4 Å². The Bertz CT molecular complexity index is 1070. The second-order valence-corrected chi connectivity index (χ2v) is 9.35. The predicted octanol–water partition coefficient (Wildman–Crippen LogP) is 1.80. The van der Waals surface area contributed by atoms with E-state index < -0.39 is 0 Å². The lowest BCUT2D eigenvalue weighted by atomic mass is 10.00. The van der Waals surface area contributed by atoms with Crippen LogP contribution in [0.25, 0.3) is 0 Å². The topological polar surface area (TPSA) is 81.7 Å². The average molecular weight is 449 g/mol. The molecule has 0 bridgehead atoms. The molecule has 3 aliphatic heterocycles. The number of aromatic nitrogens is 2. The summed E-state index contributed by atoms with van der Waals surface area (Å²) < 4.78 is 0. The Morgan fingerprint density at radius 1 is 1.03 bits per heavy atom. The molecular weight excluding hydrogens is 416 g/mol. The molecule has 2 amide bonds. The molecule has 5 rings (SSSR count). The quantitative estimate of drug-likeness (QED) is 0.768. The zero-order valence-electron chi connectivity index (χ0n) is 19.5. The van der Waals surface area contributed by atoms with Crippen LogP contribution in [0.5, 0.6) is 0 Å². The number of rotatable bonds is 4. The monoisotopic (exact) mass is 448 g/mol. The second-order valence-electron chi connectivity index (χ2n) is 9.35. The van der Waals surface area contributed by atoms with Crippen LogP contribution in [0.2, 0.25) is 0 Å². The summed E-state index contributed by atoms with van der Waals surface area (Å²) in [5.41, 5.74) is 4.77. The first-order valence-corrected chi connectivity index (χ1v) is 11.9. The Balaban J connectivity index is 1.25. The summed E-state index contributed by atoms with van der Waals surface area (Å²) in [6.45, 7) is 6.45. The molecule has 0 radical (unpaired) electrons. The highest BCUT2D eigenvalue weighted by Gasteiger charge is 2.32. The van der Waals surface area contributed by atoms with Gasteiger partial charge in [-0.3, -0.25) is 14.5 Å². The number of hydrogen-bond donors (Lipinski definition) is 1. The molecule has 1 aromatic carbocycles. The molecule has 1 aromatic heterocycles. The molecule has 8 heteroatoms. The Labute approximate surface area is 195 Å². The molecule has 33 heavy (non-hydrogen) atoms. The van der Waals surface area contributed by atoms with Crippen molar-refractivity contribution in [1.29, 1.82) is 0 Å². The van der Waals surface area contributed by atoms with E-state index in [2.05, 4.69) is 34.5 Å². The van der Waals surface area contributed by atoms with Crippen molar-refractivity contribution in [3.05, 3.63) is 52.5 Å². The highest BCUT2D eigenvalue weighted by atomic mass is 16.2. The number of anilines is 1. The first-order chi connectivity index (χ1) is 16.0. The van der Waals surface area contributed by atoms with Gasteiger partial charge in [-0.15, -0.1) is 0 Å². The standard InChI is InChI=1S/C25H32N6O2/c1-17(32)30-12-9-21-22(15-30)27-24(28-25(21)26-2)20-8-11-31(14-20)23(33)16-29-10-7-18-5-3-4-6-19(18)13-29/h3-6,20H,7-16H2,1-2H3,(H,26,27,28)/t20-/m1/s1. The van der Waals surface area contributed by atoms with Crippen LogP contribution >= 0.6 is 0 Å². The number of benzene rings is 1. The molecule has 3 aliphatic rings. The van der Waals surface area contributed by atoms with Crippen molar-refractivity contribution in [2.45, 2.75) is 45.2 Å². The Morgan fingerprint density at radius 2 is 1.85 bits per heavy atom. The maximum absolute atomic E-state index is 13.1. The number of carbonyl (C=O) groups excluding carboxylic acids is 2. The minimum Gasteiger partial charge on any atom is -0.373 e. The fourth-order valence-corrected chi connectivity index (χ4v) is 5.29. The van der Waals surface area contributed by atoms with Gasteiger partial charge in [0.15, 0.2) is 0 Å². The Hall–Kier alpha value is -3.00. The highest BCUT2D eigenvalue weighted by Crippen LogP contribution is 2.30. The van der Waals surface area contributed by atoms with Crippen molar-refractivity contribution >= 4 is 17.6 Å². The largest absolute Gasteiger partial charge is 0.373 e. The number of nitrogens with one attached hydrogen (secondary N) is 1. The van der Waals surface area contributed by atoms with Crippen molar-refractivity contribution in [3.8, 4) is 0 Å². The van der Waals surface area contributed by atoms with Crippen molar-refractivity contribution in [2.24, 2.45) is 0 Å². The van der Waals surface area contributed by atoms with Crippen LogP contribution in [0.4, 0.5) is 5.82 Å². The molecule has 1 fully saturated rings. The lowest BCUT2D eigenvalue weighted by Gasteiger charge is -2.30. The zero-order chi connectivity index (χ0) is 22.9. The molecule has 2 aromatic rings. The van der Waals surface area contributed by atoms with Crippen LogP contribution in [0.1, 0.15) is 47.5 Å². The van der Waals surface area contributed by atoms with Gasteiger partial charge in [-0.1, -0.05) is 24.3 Å². The number of amides is 2. The van der Waals surface area contributed by atoms with Gasteiger partial charge in [0.1, 0.15) is 11.6 Å². The molecule has 0 aliphatic carbocycles. The molecule has 1 saturated heterocycles. The van der Waals surface area contributed by atoms with E-state index in [0.717, 1.165) is 61.8 Å². The van der Waals surface area contributed by atoms with E-state index in [4.69, 9.17) is 9.97 Å². The zero-order valence-corrected chi connectivity index (χ0v) is 19.5. The average Bonchev–Trinajstić information content (AvgIpc) is 3.33. The van der Waals surface area contributed by atoms with Gasteiger partial charge < -0.3 is 15.1 Å². The van der Waals surface area contributed by atoms with E-state index in [0.29, 0.717) is 26.2 Å². The summed E-state index contributed by atoms with van der Waals surface area (Å²) in [5, 5.41) is 3.22. The molecule has 0 unspecified atom stereocenters. The molecule has 4 heterocycles. The van der Waals surface area contributed by atoms with Gasteiger partial charge in [-0.2, -0.15) is 0 Å². The molecule has 0 spiro atoms. The summed E-state index contributed by atoms with van der Waals surface area (Å²) in [6, 6.07) is 8.51. The second kappa shape index (κ2) is 9.09. The summed E-state index contributed by atoms with van der Waals surface area (Å²) in [5.74, 6) is 2.03. The molecule has 1 atom stereocenters. The predicted molar refractivity (Wildman–Crippen MR) is 126 cm³/mol. The molecular formula is C25H32N6O2. The van der Waals surface area contributed by atoms with Crippen molar-refractivity contribution in [3.63, 3.8) is 0 Å². The van der Waals surface area contributed by atoms with Gasteiger partial charge in [0, 0.05) is 58.2 Å². The van der Waals surface area contributed by atoms with E-state index in [1.807, 2.05) is 16.8 Å². The molecule has 1 N–H and O–H groups in total. The number of fused-ring (bicyclic) bond motifs is 2. The van der Waals surface area contributed by atoms with E-state index in [1.165, 1.54) is 11.1 Å². The summed E-state index contributed by atoms with van der Waals surface area (Å²) in [7, 11) is 1.88.